The Labute approximate surface area is 215 Å². The summed E-state index contributed by atoms with van der Waals surface area (Å²) >= 11 is 0. The first-order valence-corrected chi connectivity index (χ1v) is 12.4. The van der Waals surface area contributed by atoms with E-state index in [4.69, 9.17) is 14.2 Å². The van der Waals surface area contributed by atoms with Crippen molar-refractivity contribution in [3.8, 4) is 11.5 Å². The Bertz CT molecular complexity index is 1310. The van der Waals surface area contributed by atoms with E-state index in [-0.39, 0.29) is 31.1 Å². The first kappa shape index (κ1) is 24.6. The van der Waals surface area contributed by atoms with Crippen molar-refractivity contribution < 1.29 is 28.6 Å². The molecule has 1 spiro atoms. The van der Waals surface area contributed by atoms with Crippen molar-refractivity contribution in [1.29, 1.82) is 0 Å². The highest BCUT2D eigenvalue weighted by atomic mass is 16.6. The predicted molar refractivity (Wildman–Crippen MR) is 138 cm³/mol. The number of carbonyl (C=O) groups is 3. The molecule has 0 unspecified atom stereocenters. The summed E-state index contributed by atoms with van der Waals surface area (Å²) in [6.45, 7) is 1.84. The molecule has 37 heavy (non-hydrogen) atoms. The number of nitrogens with zero attached hydrogens (tertiary/aromatic N) is 1. The molecule has 7 nitrogen and oxygen atoms in total. The number of imide groups is 1. The fourth-order valence-electron chi connectivity index (χ4n) is 6.05. The third kappa shape index (κ3) is 3.86. The monoisotopic (exact) mass is 499 g/mol. The minimum Gasteiger partial charge on any atom is -0.497 e. The fourth-order valence-corrected chi connectivity index (χ4v) is 6.05. The quantitative estimate of drug-likeness (QED) is 0.469. The highest BCUT2D eigenvalue weighted by Crippen LogP contribution is 2.61. The standard InChI is InChI=1S/C30H29NO6/c1-4-37-29(34)31-27-14-6-5-13-24(27)30(28(31)33)25(19-9-7-11-22(15-19)35-2)17-21(32)18-26(30)20-10-8-12-23(16-20)36-3/h5-16,25-26H,4,17-18H2,1-3H3/t25-,26-/m0/s1. The number of para-hydroxylation sites is 1. The maximum atomic E-state index is 14.7. The SMILES string of the molecule is CCOC(=O)N1C(=O)C2(c3ccccc31)[C@H](c1cccc(OC)c1)CC(=O)C[C@H]2c1cccc(OC)c1. The summed E-state index contributed by atoms with van der Waals surface area (Å²) in [4.78, 5) is 42.3. The molecule has 2 amide bonds. The lowest BCUT2D eigenvalue weighted by Crippen LogP contribution is -2.53. The van der Waals surface area contributed by atoms with Crippen LogP contribution in [0, 0.1) is 0 Å². The average molecular weight is 500 g/mol. The van der Waals surface area contributed by atoms with Crippen molar-refractivity contribution >= 4 is 23.5 Å². The number of anilines is 1. The number of amides is 2. The van der Waals surface area contributed by atoms with Gasteiger partial charge in [-0.3, -0.25) is 9.59 Å². The van der Waals surface area contributed by atoms with E-state index in [9.17, 15) is 14.4 Å². The third-order valence-electron chi connectivity index (χ3n) is 7.55. The van der Waals surface area contributed by atoms with Crippen molar-refractivity contribution in [2.24, 2.45) is 0 Å². The predicted octanol–water partition coefficient (Wildman–Crippen LogP) is 5.38. The van der Waals surface area contributed by atoms with Gasteiger partial charge in [0.2, 0.25) is 5.91 Å². The van der Waals surface area contributed by atoms with Gasteiger partial charge in [-0.25, -0.2) is 9.69 Å². The topological polar surface area (TPSA) is 82.1 Å². The van der Waals surface area contributed by atoms with Gasteiger partial charge in [-0.1, -0.05) is 42.5 Å². The van der Waals surface area contributed by atoms with E-state index in [0.29, 0.717) is 22.7 Å². The third-order valence-corrected chi connectivity index (χ3v) is 7.55. The maximum absolute atomic E-state index is 14.7. The van der Waals surface area contributed by atoms with Crippen molar-refractivity contribution in [2.45, 2.75) is 37.0 Å². The molecule has 0 N–H and O–H groups in total. The lowest BCUT2D eigenvalue weighted by molar-refractivity contribution is -0.130. The molecule has 2 aliphatic rings. The Morgan fingerprint density at radius 1 is 0.865 bits per heavy atom. The summed E-state index contributed by atoms with van der Waals surface area (Å²) in [5.74, 6) is -0.151. The lowest BCUT2D eigenvalue weighted by atomic mass is 9.54. The van der Waals surface area contributed by atoms with Crippen molar-refractivity contribution in [2.75, 3.05) is 25.7 Å². The summed E-state index contributed by atoms with van der Waals surface area (Å²) in [5, 5.41) is 0. The number of carbonyl (C=O) groups excluding carboxylic acids is 3. The molecular weight excluding hydrogens is 470 g/mol. The van der Waals surface area contributed by atoms with E-state index in [1.807, 2.05) is 60.7 Å². The smallest absolute Gasteiger partial charge is 0.421 e. The van der Waals surface area contributed by atoms with Crippen molar-refractivity contribution in [3.63, 3.8) is 0 Å². The molecule has 1 fully saturated rings. The molecule has 1 aliphatic heterocycles. The molecule has 0 radical (unpaired) electrons. The molecule has 0 bridgehead atoms. The molecule has 1 heterocycles. The van der Waals surface area contributed by atoms with Gasteiger partial charge in [0.25, 0.3) is 0 Å². The van der Waals surface area contributed by atoms with Crippen LogP contribution < -0.4 is 14.4 Å². The van der Waals surface area contributed by atoms with E-state index in [2.05, 4.69) is 0 Å². The Hall–Kier alpha value is -4.13. The van der Waals surface area contributed by atoms with Gasteiger partial charge in [0.15, 0.2) is 0 Å². The number of methoxy groups -OCH3 is 2. The molecule has 3 aromatic carbocycles. The van der Waals surface area contributed by atoms with E-state index in [0.717, 1.165) is 16.0 Å². The van der Waals surface area contributed by atoms with Crippen LogP contribution in [-0.2, 0) is 19.7 Å². The fraction of sp³-hybridized carbons (Fsp3) is 0.300. The van der Waals surface area contributed by atoms with Crippen LogP contribution in [0.3, 0.4) is 0 Å². The van der Waals surface area contributed by atoms with E-state index < -0.39 is 23.3 Å². The van der Waals surface area contributed by atoms with Crippen LogP contribution in [0.5, 0.6) is 11.5 Å². The van der Waals surface area contributed by atoms with Crippen LogP contribution in [0.25, 0.3) is 0 Å². The Balaban J connectivity index is 1.82. The van der Waals surface area contributed by atoms with Crippen LogP contribution in [-0.4, -0.2) is 38.6 Å². The van der Waals surface area contributed by atoms with Gasteiger partial charge in [0.05, 0.1) is 31.9 Å². The first-order chi connectivity index (χ1) is 17.9. The Kier molecular flexibility index (Phi) is 6.46. The summed E-state index contributed by atoms with van der Waals surface area (Å²) in [5.41, 5.74) is 1.57. The normalized spacial score (nSPS) is 20.0. The highest BCUT2D eigenvalue weighted by Gasteiger charge is 2.64. The van der Waals surface area contributed by atoms with E-state index >= 15 is 0 Å². The summed E-state index contributed by atoms with van der Waals surface area (Å²) in [7, 11) is 3.16. The van der Waals surface area contributed by atoms with Gasteiger partial charge >= 0.3 is 6.09 Å². The number of rotatable bonds is 5. The van der Waals surface area contributed by atoms with Crippen LogP contribution in [0.1, 0.15) is 48.3 Å². The Morgan fingerprint density at radius 2 is 1.43 bits per heavy atom. The Morgan fingerprint density at radius 3 is 1.97 bits per heavy atom. The number of ether oxygens (including phenoxy) is 3. The number of benzene rings is 3. The summed E-state index contributed by atoms with van der Waals surface area (Å²) < 4.78 is 16.3. The minimum atomic E-state index is -1.23. The van der Waals surface area contributed by atoms with Gasteiger partial charge in [-0.05, 0) is 53.9 Å². The molecular formula is C30H29NO6. The maximum Gasteiger partial charge on any atom is 0.421 e. The zero-order valence-corrected chi connectivity index (χ0v) is 21.1. The first-order valence-electron chi connectivity index (χ1n) is 12.4. The van der Waals surface area contributed by atoms with Gasteiger partial charge < -0.3 is 14.2 Å². The lowest BCUT2D eigenvalue weighted by Gasteiger charge is -2.46. The van der Waals surface area contributed by atoms with Crippen LogP contribution in [0.2, 0.25) is 0 Å². The van der Waals surface area contributed by atoms with E-state index in [1.165, 1.54) is 0 Å². The van der Waals surface area contributed by atoms with Gasteiger partial charge in [-0.2, -0.15) is 0 Å². The average Bonchev–Trinajstić information content (AvgIpc) is 3.18. The largest absolute Gasteiger partial charge is 0.497 e. The van der Waals surface area contributed by atoms with Crippen LogP contribution >= 0.6 is 0 Å². The summed E-state index contributed by atoms with van der Waals surface area (Å²) in [6, 6.07) is 22.3. The molecule has 5 rings (SSSR count). The highest BCUT2D eigenvalue weighted by molar-refractivity contribution is 6.22. The molecule has 2 atom stereocenters. The number of fused-ring (bicyclic) bond motifs is 2. The number of ketones is 1. The van der Waals surface area contributed by atoms with Crippen LogP contribution in [0.4, 0.5) is 10.5 Å². The second-order valence-electron chi connectivity index (χ2n) is 9.33. The number of Topliss-reactive ketones (excluding diaryl/α,β-unsaturated/α-hetero) is 1. The number of hydrogen-bond donors (Lipinski definition) is 0. The molecule has 1 saturated carbocycles. The molecule has 0 aromatic heterocycles. The summed E-state index contributed by atoms with van der Waals surface area (Å²) in [6.07, 6.45) is -0.406. The minimum absolute atomic E-state index is 0.0473. The van der Waals surface area contributed by atoms with Crippen molar-refractivity contribution in [3.05, 3.63) is 89.5 Å². The van der Waals surface area contributed by atoms with E-state index in [1.54, 1.807) is 33.3 Å². The van der Waals surface area contributed by atoms with Crippen LogP contribution in [0.15, 0.2) is 72.8 Å². The van der Waals surface area contributed by atoms with Gasteiger partial charge in [0, 0.05) is 24.7 Å². The molecule has 3 aromatic rings. The zero-order chi connectivity index (χ0) is 26.2. The van der Waals surface area contributed by atoms with Gasteiger partial charge in [0.1, 0.15) is 17.3 Å². The zero-order valence-electron chi connectivity index (χ0n) is 21.1. The second kappa shape index (κ2) is 9.73. The molecule has 0 saturated heterocycles. The number of hydrogen-bond acceptors (Lipinski definition) is 6. The molecule has 190 valence electrons. The van der Waals surface area contributed by atoms with Gasteiger partial charge in [-0.15, -0.1) is 0 Å². The molecule has 7 heteroatoms. The second-order valence-corrected chi connectivity index (χ2v) is 9.33. The van der Waals surface area contributed by atoms with Crippen molar-refractivity contribution in [1.82, 2.24) is 0 Å². The molecule has 1 aliphatic carbocycles.